The maximum Gasteiger partial charge on any atom is 0.408 e. The molecule has 0 saturated carbocycles. The summed E-state index contributed by atoms with van der Waals surface area (Å²) < 4.78 is 5.35. The zero-order chi connectivity index (χ0) is 26.8. The molecule has 0 aliphatic rings. The quantitative estimate of drug-likeness (QED) is 0.289. The Morgan fingerprint density at radius 3 is 2.06 bits per heavy atom. The zero-order valence-electron chi connectivity index (χ0n) is 22.7. The molecule has 8 heteroatoms. The van der Waals surface area contributed by atoms with Crippen molar-refractivity contribution in [1.82, 2.24) is 15.5 Å². The third-order valence-corrected chi connectivity index (χ3v) is 5.58. The number of ether oxygens (including phenoxy) is 1. The molecule has 3 amide bonds. The van der Waals surface area contributed by atoms with Crippen molar-refractivity contribution in [1.29, 1.82) is 0 Å². The van der Waals surface area contributed by atoms with E-state index in [9.17, 15) is 14.4 Å². The lowest BCUT2D eigenvalue weighted by Crippen LogP contribution is -2.55. The number of nitrogens with zero attached hydrogens (tertiary/aromatic N) is 1. The van der Waals surface area contributed by atoms with E-state index in [4.69, 9.17) is 4.74 Å². The predicted octanol–water partition coefficient (Wildman–Crippen LogP) is 5.05. The van der Waals surface area contributed by atoms with Crippen molar-refractivity contribution < 1.29 is 19.1 Å². The number of unbranched alkanes of at least 4 members (excludes halogenated alkanes) is 2. The van der Waals surface area contributed by atoms with Gasteiger partial charge in [0.15, 0.2) is 0 Å². The molecule has 0 saturated heterocycles. The van der Waals surface area contributed by atoms with Gasteiger partial charge in [0.1, 0.15) is 17.7 Å². The number of carbonyl (C=O) groups excluding carboxylic acids is 3. The van der Waals surface area contributed by atoms with Crippen LogP contribution in [0.3, 0.4) is 0 Å². The number of nitrogens with one attached hydrogen (secondary N) is 2. The van der Waals surface area contributed by atoms with Crippen LogP contribution in [0, 0.1) is 0 Å². The third kappa shape index (κ3) is 10.9. The first-order chi connectivity index (χ1) is 16.2. The first-order valence-electron chi connectivity index (χ1n) is 12.5. The van der Waals surface area contributed by atoms with Gasteiger partial charge in [-0.15, -0.1) is 0 Å². The van der Waals surface area contributed by atoms with Crippen LogP contribution in [0.5, 0.6) is 0 Å². The van der Waals surface area contributed by atoms with Crippen LogP contribution >= 0.6 is 12.6 Å². The Kier molecular flexibility index (Phi) is 12.1. The average molecular weight is 508 g/mol. The average Bonchev–Trinajstić information content (AvgIpc) is 2.74. The maximum atomic E-state index is 13.8. The van der Waals surface area contributed by atoms with E-state index in [-0.39, 0.29) is 17.6 Å². The highest BCUT2D eigenvalue weighted by atomic mass is 32.1. The molecule has 0 fully saturated rings. The Hall–Kier alpha value is -2.22. The summed E-state index contributed by atoms with van der Waals surface area (Å²) in [7, 11) is 0. The van der Waals surface area contributed by atoms with Crippen LogP contribution in [-0.2, 0) is 20.7 Å². The van der Waals surface area contributed by atoms with Crippen molar-refractivity contribution in [3.63, 3.8) is 0 Å². The number of hydrogen-bond acceptors (Lipinski definition) is 5. The maximum absolute atomic E-state index is 13.8. The minimum absolute atomic E-state index is 0.0741. The normalized spacial score (nSPS) is 13.5. The van der Waals surface area contributed by atoms with Crippen molar-refractivity contribution in [2.45, 2.75) is 104 Å². The van der Waals surface area contributed by atoms with Gasteiger partial charge in [0.05, 0.1) is 0 Å². The SMILES string of the molecule is CCCCCN(C(=O)C(CS)NC(=O)OC(C)(C)C)C(C(=O)NC(C)(C)C)c1ccc(CC)cc1. The zero-order valence-corrected chi connectivity index (χ0v) is 23.6. The van der Waals surface area contributed by atoms with E-state index in [1.807, 2.05) is 45.0 Å². The fourth-order valence-electron chi connectivity index (χ4n) is 3.58. The first-order valence-corrected chi connectivity index (χ1v) is 13.2. The Labute approximate surface area is 217 Å². The molecule has 2 atom stereocenters. The molecule has 0 aromatic heterocycles. The van der Waals surface area contributed by atoms with Crippen molar-refractivity contribution in [3.05, 3.63) is 35.4 Å². The number of hydrogen-bond donors (Lipinski definition) is 3. The molecule has 35 heavy (non-hydrogen) atoms. The summed E-state index contributed by atoms with van der Waals surface area (Å²) in [6.07, 6.45) is 2.80. The molecule has 0 radical (unpaired) electrons. The van der Waals surface area contributed by atoms with Gasteiger partial charge in [0.25, 0.3) is 0 Å². The number of thiol groups is 1. The van der Waals surface area contributed by atoms with E-state index in [0.717, 1.165) is 36.8 Å². The van der Waals surface area contributed by atoms with Gasteiger partial charge in [-0.05, 0) is 65.5 Å². The molecular formula is C27H45N3O4S. The largest absolute Gasteiger partial charge is 0.444 e. The van der Waals surface area contributed by atoms with E-state index in [2.05, 4.69) is 37.1 Å². The Balaban J connectivity index is 3.42. The van der Waals surface area contributed by atoms with Crippen molar-refractivity contribution in [2.75, 3.05) is 12.3 Å². The molecule has 0 aliphatic heterocycles. The first kappa shape index (κ1) is 30.8. The smallest absolute Gasteiger partial charge is 0.408 e. The van der Waals surface area contributed by atoms with Crippen LogP contribution < -0.4 is 10.6 Å². The van der Waals surface area contributed by atoms with E-state index < -0.39 is 29.3 Å². The van der Waals surface area contributed by atoms with Crippen LogP contribution in [0.2, 0.25) is 0 Å². The molecule has 2 N–H and O–H groups in total. The van der Waals surface area contributed by atoms with Gasteiger partial charge in [-0.2, -0.15) is 12.6 Å². The summed E-state index contributed by atoms with van der Waals surface area (Å²) in [6.45, 7) is 15.5. The van der Waals surface area contributed by atoms with Gasteiger partial charge in [0, 0.05) is 17.8 Å². The van der Waals surface area contributed by atoms with Gasteiger partial charge in [-0.3, -0.25) is 9.59 Å². The van der Waals surface area contributed by atoms with E-state index in [1.165, 1.54) is 0 Å². The molecule has 0 bridgehead atoms. The fraction of sp³-hybridized carbons (Fsp3) is 0.667. The fourth-order valence-corrected chi connectivity index (χ4v) is 3.83. The summed E-state index contributed by atoms with van der Waals surface area (Å²) in [5.74, 6) is -0.553. The highest BCUT2D eigenvalue weighted by Gasteiger charge is 2.36. The molecule has 1 aromatic carbocycles. The molecule has 1 aromatic rings. The minimum Gasteiger partial charge on any atom is -0.444 e. The van der Waals surface area contributed by atoms with Crippen molar-refractivity contribution >= 4 is 30.5 Å². The predicted molar refractivity (Wildman–Crippen MR) is 145 cm³/mol. The number of rotatable bonds is 11. The van der Waals surface area contributed by atoms with E-state index >= 15 is 0 Å². The van der Waals surface area contributed by atoms with Crippen LogP contribution in [0.15, 0.2) is 24.3 Å². The lowest BCUT2D eigenvalue weighted by Gasteiger charge is -2.36. The summed E-state index contributed by atoms with van der Waals surface area (Å²) in [5.41, 5.74) is 0.691. The molecule has 7 nitrogen and oxygen atoms in total. The van der Waals surface area contributed by atoms with Gasteiger partial charge in [0.2, 0.25) is 11.8 Å². The highest BCUT2D eigenvalue weighted by Crippen LogP contribution is 2.25. The highest BCUT2D eigenvalue weighted by molar-refractivity contribution is 7.80. The summed E-state index contributed by atoms with van der Waals surface area (Å²) in [5, 5.41) is 5.68. The molecule has 0 heterocycles. The Bertz CT molecular complexity index is 828. The van der Waals surface area contributed by atoms with Gasteiger partial charge in [-0.25, -0.2) is 4.79 Å². The van der Waals surface area contributed by atoms with Crippen molar-refractivity contribution in [2.24, 2.45) is 0 Å². The van der Waals surface area contributed by atoms with Crippen molar-refractivity contribution in [3.8, 4) is 0 Å². The van der Waals surface area contributed by atoms with Gasteiger partial charge in [-0.1, -0.05) is 51.0 Å². The lowest BCUT2D eigenvalue weighted by molar-refractivity contribution is -0.142. The molecule has 0 aliphatic carbocycles. The number of benzene rings is 1. The standard InChI is InChI=1S/C27H45N3O4S/c1-9-11-12-17-30(24(32)21(18-35)28-25(33)34-27(6,7)8)22(23(31)29-26(3,4)5)20-15-13-19(10-2)14-16-20/h13-16,21-22,35H,9-12,17-18H2,1-8H3,(H,28,33)(H,29,31). The Morgan fingerprint density at radius 1 is 1.00 bits per heavy atom. The summed E-state index contributed by atoms with van der Waals surface area (Å²) in [6, 6.07) is 6.00. The minimum atomic E-state index is -0.935. The molecular weight excluding hydrogens is 462 g/mol. The molecule has 1 rings (SSSR count). The monoisotopic (exact) mass is 507 g/mol. The number of carbonyl (C=O) groups is 3. The second kappa shape index (κ2) is 13.8. The lowest BCUT2D eigenvalue weighted by atomic mass is 9.98. The van der Waals surface area contributed by atoms with E-state index in [0.29, 0.717) is 6.54 Å². The van der Waals surface area contributed by atoms with Crippen LogP contribution in [0.25, 0.3) is 0 Å². The molecule has 2 unspecified atom stereocenters. The number of amides is 3. The summed E-state index contributed by atoms with van der Waals surface area (Å²) >= 11 is 4.33. The van der Waals surface area contributed by atoms with Gasteiger partial charge >= 0.3 is 6.09 Å². The van der Waals surface area contributed by atoms with Gasteiger partial charge < -0.3 is 20.3 Å². The topological polar surface area (TPSA) is 87.7 Å². The second-order valence-corrected chi connectivity index (χ2v) is 11.2. The second-order valence-electron chi connectivity index (χ2n) is 10.9. The Morgan fingerprint density at radius 2 is 1.60 bits per heavy atom. The third-order valence-electron chi connectivity index (χ3n) is 5.22. The van der Waals surface area contributed by atoms with Crippen LogP contribution in [0.4, 0.5) is 4.79 Å². The van der Waals surface area contributed by atoms with Crippen LogP contribution in [0.1, 0.15) is 91.8 Å². The summed E-state index contributed by atoms with van der Waals surface area (Å²) in [4.78, 5) is 41.4. The number of aryl methyl sites for hydroxylation is 1. The molecule has 198 valence electrons. The number of alkyl carbamates (subject to hydrolysis) is 1. The van der Waals surface area contributed by atoms with Crippen LogP contribution in [-0.4, -0.2) is 52.3 Å². The van der Waals surface area contributed by atoms with E-state index in [1.54, 1.807) is 25.7 Å². The molecule has 0 spiro atoms.